The monoisotopic (exact) mass is 503 g/mol. The number of aryl methyl sites for hydroxylation is 1. The third kappa shape index (κ3) is 6.60. The van der Waals surface area contributed by atoms with Crippen molar-refractivity contribution in [2.75, 3.05) is 32.7 Å². The number of carboxylic acid groups (broad SMARTS) is 1. The summed E-state index contributed by atoms with van der Waals surface area (Å²) in [5.41, 5.74) is 2.40. The first-order valence-electron chi connectivity index (χ1n) is 12.8. The molecule has 4 rings (SSSR count). The number of aliphatic carboxylic acids is 1. The molecular weight excluding hydrogens is 466 g/mol. The minimum atomic E-state index is -0.614. The van der Waals surface area contributed by atoms with Gasteiger partial charge in [-0.15, -0.1) is 0 Å². The fourth-order valence-corrected chi connectivity index (χ4v) is 6.93. The predicted octanol–water partition coefficient (Wildman–Crippen LogP) is 5.92. The van der Waals surface area contributed by atoms with E-state index < -0.39 is 5.97 Å². The standard InChI is InChI=1S/C27H38ClN3O2S/c1-3-4-21(27(32)33)14-20-8-11-30(12-9-20)16-23-17-31(18-24(23)26-7-10-29-34-26)15-22-6-5-19(2)13-25(22)28/h5-7,10,13,20-21,23-24H,3-4,8-9,11-12,14-18H2,1-2H3,(H,32,33)/t21?,23-,24-/m0/s1. The Morgan fingerprint density at radius 2 is 2.03 bits per heavy atom. The molecule has 186 valence electrons. The summed E-state index contributed by atoms with van der Waals surface area (Å²) in [7, 11) is 0. The van der Waals surface area contributed by atoms with Gasteiger partial charge in [-0.1, -0.05) is 37.1 Å². The van der Waals surface area contributed by atoms with Crippen LogP contribution in [-0.4, -0.2) is 58.0 Å². The first-order chi connectivity index (χ1) is 16.4. The third-order valence-corrected chi connectivity index (χ3v) is 8.98. The molecule has 2 fully saturated rings. The maximum Gasteiger partial charge on any atom is 0.306 e. The van der Waals surface area contributed by atoms with Crippen LogP contribution < -0.4 is 0 Å². The van der Waals surface area contributed by atoms with Gasteiger partial charge in [0.2, 0.25) is 0 Å². The van der Waals surface area contributed by atoms with Crippen molar-refractivity contribution in [3.05, 3.63) is 51.5 Å². The summed E-state index contributed by atoms with van der Waals surface area (Å²) in [5.74, 6) is 0.846. The number of piperidine rings is 1. The van der Waals surface area contributed by atoms with Crippen molar-refractivity contribution in [1.29, 1.82) is 0 Å². The van der Waals surface area contributed by atoms with Gasteiger partial charge in [0.25, 0.3) is 0 Å². The van der Waals surface area contributed by atoms with Crippen molar-refractivity contribution in [1.82, 2.24) is 14.2 Å². The molecule has 1 aromatic heterocycles. The van der Waals surface area contributed by atoms with Gasteiger partial charge in [0.05, 0.1) is 5.92 Å². The number of hydrogen-bond donors (Lipinski definition) is 1. The summed E-state index contributed by atoms with van der Waals surface area (Å²) in [5, 5.41) is 10.4. The molecule has 1 aromatic carbocycles. The fourth-order valence-electron chi connectivity index (χ4n) is 5.86. The lowest BCUT2D eigenvalue weighted by atomic mass is 9.84. The molecule has 0 amide bonds. The number of aromatic nitrogens is 1. The molecule has 0 aliphatic carbocycles. The van der Waals surface area contributed by atoms with Crippen LogP contribution in [0.15, 0.2) is 30.5 Å². The van der Waals surface area contributed by atoms with E-state index in [1.807, 2.05) is 6.20 Å². The second kappa shape index (κ2) is 12.0. The molecule has 2 aromatic rings. The molecule has 3 atom stereocenters. The molecule has 0 saturated carbocycles. The van der Waals surface area contributed by atoms with Gasteiger partial charge in [-0.25, -0.2) is 4.37 Å². The summed E-state index contributed by atoms with van der Waals surface area (Å²) < 4.78 is 4.39. The van der Waals surface area contributed by atoms with Crippen LogP contribution in [-0.2, 0) is 11.3 Å². The maximum absolute atomic E-state index is 11.6. The van der Waals surface area contributed by atoms with E-state index in [9.17, 15) is 9.90 Å². The molecule has 0 bridgehead atoms. The van der Waals surface area contributed by atoms with Crippen LogP contribution in [0.1, 0.15) is 60.9 Å². The van der Waals surface area contributed by atoms with Gasteiger partial charge in [0, 0.05) is 48.2 Å². The molecule has 0 spiro atoms. The topological polar surface area (TPSA) is 56.7 Å². The van der Waals surface area contributed by atoms with E-state index >= 15 is 0 Å². The molecule has 3 heterocycles. The number of likely N-dealkylation sites (tertiary alicyclic amines) is 2. The molecule has 2 saturated heterocycles. The normalized spacial score (nSPS) is 23.4. The van der Waals surface area contributed by atoms with Crippen LogP contribution in [0.2, 0.25) is 5.02 Å². The average molecular weight is 504 g/mol. The van der Waals surface area contributed by atoms with Gasteiger partial charge in [-0.05, 0) is 92.3 Å². The summed E-state index contributed by atoms with van der Waals surface area (Å²) in [6.07, 6.45) is 6.75. The lowest BCUT2D eigenvalue weighted by Gasteiger charge is -2.35. The Labute approximate surface area is 213 Å². The van der Waals surface area contributed by atoms with Crippen molar-refractivity contribution in [2.45, 2.75) is 58.4 Å². The van der Waals surface area contributed by atoms with Crippen molar-refractivity contribution >= 4 is 29.1 Å². The summed E-state index contributed by atoms with van der Waals surface area (Å²) in [4.78, 5) is 18.1. The van der Waals surface area contributed by atoms with E-state index in [4.69, 9.17) is 11.6 Å². The van der Waals surface area contributed by atoms with Gasteiger partial charge < -0.3 is 10.0 Å². The molecule has 2 aliphatic rings. The van der Waals surface area contributed by atoms with Crippen LogP contribution in [0.3, 0.4) is 0 Å². The van der Waals surface area contributed by atoms with E-state index in [-0.39, 0.29) is 5.92 Å². The Kier molecular flexibility index (Phi) is 9.03. The number of halogens is 1. The lowest BCUT2D eigenvalue weighted by molar-refractivity contribution is -0.142. The molecule has 1 N–H and O–H groups in total. The van der Waals surface area contributed by atoms with Crippen molar-refractivity contribution in [3.8, 4) is 0 Å². The summed E-state index contributed by atoms with van der Waals surface area (Å²) >= 11 is 8.18. The smallest absolute Gasteiger partial charge is 0.306 e. The Morgan fingerprint density at radius 3 is 2.68 bits per heavy atom. The lowest BCUT2D eigenvalue weighted by Crippen LogP contribution is -2.39. The second-order valence-corrected chi connectivity index (χ2v) is 11.6. The van der Waals surface area contributed by atoms with E-state index in [1.165, 1.54) is 16.0 Å². The van der Waals surface area contributed by atoms with E-state index in [0.29, 0.717) is 17.8 Å². The van der Waals surface area contributed by atoms with Crippen molar-refractivity contribution in [3.63, 3.8) is 0 Å². The largest absolute Gasteiger partial charge is 0.481 e. The highest BCUT2D eigenvalue weighted by molar-refractivity contribution is 7.05. The Hall–Kier alpha value is -1.47. The van der Waals surface area contributed by atoms with Crippen molar-refractivity contribution in [2.24, 2.45) is 17.8 Å². The van der Waals surface area contributed by atoms with Crippen LogP contribution in [0.5, 0.6) is 0 Å². The van der Waals surface area contributed by atoms with Gasteiger partial charge in [0.1, 0.15) is 0 Å². The Morgan fingerprint density at radius 1 is 1.24 bits per heavy atom. The molecule has 0 radical (unpaired) electrons. The molecular formula is C27H38ClN3O2S. The van der Waals surface area contributed by atoms with Crippen LogP contribution >= 0.6 is 23.1 Å². The summed E-state index contributed by atoms with van der Waals surface area (Å²) in [6.45, 7) is 10.4. The number of carbonyl (C=O) groups is 1. The average Bonchev–Trinajstić information content (AvgIpc) is 3.46. The van der Waals surface area contributed by atoms with Crippen molar-refractivity contribution < 1.29 is 9.90 Å². The summed E-state index contributed by atoms with van der Waals surface area (Å²) in [6, 6.07) is 8.57. The third-order valence-electron chi connectivity index (χ3n) is 7.75. The highest BCUT2D eigenvalue weighted by atomic mass is 35.5. The number of carboxylic acids is 1. The highest BCUT2D eigenvalue weighted by Crippen LogP contribution is 2.37. The molecule has 1 unspecified atom stereocenters. The SMILES string of the molecule is CCCC(CC1CCN(C[C@H]2CN(Cc3ccc(C)cc3Cl)C[C@@H]2c2ccns2)CC1)C(=O)O. The minimum Gasteiger partial charge on any atom is -0.481 e. The zero-order valence-corrected chi connectivity index (χ0v) is 22.0. The van der Waals surface area contributed by atoms with Gasteiger partial charge >= 0.3 is 5.97 Å². The van der Waals surface area contributed by atoms with Gasteiger partial charge in [-0.3, -0.25) is 9.69 Å². The fraction of sp³-hybridized carbons (Fsp3) is 0.630. The number of nitrogens with zero attached hydrogens (tertiary/aromatic N) is 3. The predicted molar refractivity (Wildman–Crippen MR) is 140 cm³/mol. The quantitative estimate of drug-likeness (QED) is 0.436. The molecule has 7 heteroatoms. The van der Waals surface area contributed by atoms with Crippen LogP contribution in [0, 0.1) is 24.7 Å². The van der Waals surface area contributed by atoms with Gasteiger partial charge in [-0.2, -0.15) is 0 Å². The molecule has 34 heavy (non-hydrogen) atoms. The first kappa shape index (κ1) is 25.6. The van der Waals surface area contributed by atoms with E-state index in [0.717, 1.165) is 76.4 Å². The Bertz CT molecular complexity index is 930. The highest BCUT2D eigenvalue weighted by Gasteiger charge is 2.36. The second-order valence-electron chi connectivity index (χ2n) is 10.4. The number of rotatable bonds is 10. The van der Waals surface area contributed by atoms with Crippen LogP contribution in [0.25, 0.3) is 0 Å². The minimum absolute atomic E-state index is 0.172. The Balaban J connectivity index is 1.35. The molecule has 5 nitrogen and oxygen atoms in total. The maximum atomic E-state index is 11.6. The number of hydrogen-bond acceptors (Lipinski definition) is 5. The zero-order valence-electron chi connectivity index (χ0n) is 20.5. The van der Waals surface area contributed by atoms with Crippen LogP contribution in [0.4, 0.5) is 0 Å². The first-order valence-corrected chi connectivity index (χ1v) is 13.9. The van der Waals surface area contributed by atoms with E-state index in [1.54, 1.807) is 11.5 Å². The van der Waals surface area contributed by atoms with E-state index in [2.05, 4.69) is 52.3 Å². The zero-order chi connectivity index (χ0) is 24.1. The molecule has 2 aliphatic heterocycles. The number of benzene rings is 1. The van der Waals surface area contributed by atoms with Gasteiger partial charge in [0.15, 0.2) is 0 Å².